The van der Waals surface area contributed by atoms with Crippen molar-refractivity contribution < 1.29 is 33.6 Å². The van der Waals surface area contributed by atoms with E-state index in [9.17, 15) is 9.59 Å². The second-order valence-electron chi connectivity index (χ2n) is 4.95. The van der Waals surface area contributed by atoms with Gasteiger partial charge in [-0.2, -0.15) is 0 Å². The van der Waals surface area contributed by atoms with Crippen LogP contribution in [0.25, 0.3) is 0 Å². The number of rotatable bonds is 7. The lowest BCUT2D eigenvalue weighted by atomic mass is 10.3. The predicted octanol–water partition coefficient (Wildman–Crippen LogP) is 1.42. The van der Waals surface area contributed by atoms with Crippen LogP contribution in [-0.4, -0.2) is 49.1 Å². The molecule has 7 nitrogen and oxygen atoms in total. The summed E-state index contributed by atoms with van der Waals surface area (Å²) in [6, 6.07) is 7.38. The number of para-hydroxylation sites is 2. The van der Waals surface area contributed by atoms with Gasteiger partial charge in [0.15, 0.2) is 17.6 Å². The van der Waals surface area contributed by atoms with Crippen LogP contribution in [0.15, 0.2) is 36.4 Å². The molecule has 1 heterocycles. The minimum absolute atomic E-state index is 0.175. The maximum Gasteiger partial charge on any atom is 0.331 e. The summed E-state index contributed by atoms with van der Waals surface area (Å²) in [6.07, 6.45) is 0.839. The summed E-state index contributed by atoms with van der Waals surface area (Å²) in [5, 5.41) is 8.41. The van der Waals surface area contributed by atoms with Gasteiger partial charge >= 0.3 is 11.9 Å². The largest absolute Gasteiger partial charge is 0.486 e. The van der Waals surface area contributed by atoms with Gasteiger partial charge in [0.25, 0.3) is 0 Å². The first-order valence-electron chi connectivity index (χ1n) is 7.12. The molecule has 0 fully saturated rings. The van der Waals surface area contributed by atoms with Crippen molar-refractivity contribution in [1.82, 2.24) is 0 Å². The Morgan fingerprint density at radius 1 is 1.35 bits per heavy atom. The second kappa shape index (κ2) is 8.19. The van der Waals surface area contributed by atoms with E-state index in [1.54, 1.807) is 6.92 Å². The summed E-state index contributed by atoms with van der Waals surface area (Å²) in [4.78, 5) is 21.6. The van der Waals surface area contributed by atoms with Crippen LogP contribution in [0.2, 0.25) is 0 Å². The average Bonchev–Trinajstić information content (AvgIpc) is 2.53. The van der Waals surface area contributed by atoms with Crippen molar-refractivity contribution in [3.63, 3.8) is 0 Å². The Bertz CT molecular complexity index is 582. The number of carbonyl (C=O) groups excluding carboxylic acids is 1. The van der Waals surface area contributed by atoms with Gasteiger partial charge in [0.2, 0.25) is 0 Å². The molecule has 1 N–H and O–H groups in total. The van der Waals surface area contributed by atoms with Crippen LogP contribution in [0, 0.1) is 0 Å². The number of hydrogen-bond donors (Lipinski definition) is 1. The summed E-state index contributed by atoms with van der Waals surface area (Å²) >= 11 is 0. The van der Waals surface area contributed by atoms with E-state index >= 15 is 0 Å². The van der Waals surface area contributed by atoms with Crippen LogP contribution >= 0.6 is 0 Å². The zero-order chi connectivity index (χ0) is 16.7. The molecule has 0 amide bonds. The van der Waals surface area contributed by atoms with Crippen LogP contribution in [0.3, 0.4) is 0 Å². The maximum absolute atomic E-state index is 11.3. The van der Waals surface area contributed by atoms with Crippen LogP contribution in [-0.2, 0) is 19.1 Å². The zero-order valence-electron chi connectivity index (χ0n) is 12.6. The molecule has 1 aliphatic heterocycles. The summed E-state index contributed by atoms with van der Waals surface area (Å²) in [6.45, 7) is 2.50. The minimum atomic E-state index is -1.21. The fourth-order valence-electron chi connectivity index (χ4n) is 1.92. The molecule has 0 bridgehead atoms. The van der Waals surface area contributed by atoms with Gasteiger partial charge in [0.1, 0.15) is 12.7 Å². The quantitative estimate of drug-likeness (QED) is 0.599. The normalized spacial score (nSPS) is 17.7. The lowest BCUT2D eigenvalue weighted by Crippen LogP contribution is -2.34. The molecule has 0 saturated carbocycles. The maximum atomic E-state index is 11.3. The highest BCUT2D eigenvalue weighted by Crippen LogP contribution is 2.30. The van der Waals surface area contributed by atoms with E-state index in [1.807, 2.05) is 24.3 Å². The van der Waals surface area contributed by atoms with Crippen LogP contribution in [0.1, 0.15) is 6.92 Å². The van der Waals surface area contributed by atoms with Gasteiger partial charge in [-0.05, 0) is 19.1 Å². The van der Waals surface area contributed by atoms with E-state index in [2.05, 4.69) is 0 Å². The molecule has 0 saturated heterocycles. The molecule has 7 heteroatoms. The summed E-state index contributed by atoms with van der Waals surface area (Å²) in [5.74, 6) is -0.558. The number of hydrogen-bond acceptors (Lipinski definition) is 6. The molecule has 0 spiro atoms. The van der Waals surface area contributed by atoms with Crippen LogP contribution < -0.4 is 9.47 Å². The second-order valence-corrected chi connectivity index (χ2v) is 4.95. The van der Waals surface area contributed by atoms with Crippen molar-refractivity contribution in [3.8, 4) is 11.5 Å². The van der Waals surface area contributed by atoms with Gasteiger partial charge in [-0.1, -0.05) is 12.1 Å². The first kappa shape index (κ1) is 16.8. The number of fused-ring (bicyclic) bond motifs is 1. The summed E-state index contributed by atoms with van der Waals surface area (Å²) in [5.41, 5.74) is 0. The third-order valence-corrected chi connectivity index (χ3v) is 2.90. The average molecular weight is 322 g/mol. The highest BCUT2D eigenvalue weighted by Gasteiger charge is 2.21. The van der Waals surface area contributed by atoms with Gasteiger partial charge in [0.05, 0.1) is 13.2 Å². The topological polar surface area (TPSA) is 91.3 Å². The standard InChI is InChI=1S/C16H18O7/c1-11(22-16(19)7-6-15(17)18)8-20-9-12-10-21-13-4-2-3-5-14(13)23-12/h2-7,11-12H,8-10H2,1H3,(H,17,18). The van der Waals surface area contributed by atoms with Gasteiger partial charge in [0, 0.05) is 12.2 Å². The SMILES string of the molecule is CC(COCC1COc2ccccc2O1)OC(=O)C=CC(=O)O. The molecule has 2 atom stereocenters. The number of benzene rings is 1. The number of carboxylic acid groups (broad SMARTS) is 1. The van der Waals surface area contributed by atoms with Crippen molar-refractivity contribution in [2.45, 2.75) is 19.1 Å². The number of aliphatic carboxylic acids is 1. The Labute approximate surface area is 133 Å². The Kier molecular flexibility index (Phi) is 5.99. The first-order chi connectivity index (χ1) is 11.0. The first-order valence-corrected chi connectivity index (χ1v) is 7.12. The molecular formula is C16H18O7. The fourth-order valence-corrected chi connectivity index (χ4v) is 1.92. The molecule has 2 unspecified atom stereocenters. The summed E-state index contributed by atoms with van der Waals surface area (Å²) < 4.78 is 21.7. The minimum Gasteiger partial charge on any atom is -0.486 e. The van der Waals surface area contributed by atoms with Crippen LogP contribution in [0.5, 0.6) is 11.5 Å². The predicted molar refractivity (Wildman–Crippen MR) is 79.5 cm³/mol. The summed E-state index contributed by atoms with van der Waals surface area (Å²) in [7, 11) is 0. The molecule has 0 radical (unpaired) electrons. The Morgan fingerprint density at radius 3 is 2.83 bits per heavy atom. The number of esters is 1. The van der Waals surface area contributed by atoms with Crippen molar-refractivity contribution in [2.75, 3.05) is 19.8 Å². The zero-order valence-corrected chi connectivity index (χ0v) is 12.6. The molecular weight excluding hydrogens is 304 g/mol. The third-order valence-electron chi connectivity index (χ3n) is 2.90. The molecule has 1 aliphatic rings. The molecule has 2 rings (SSSR count). The molecule has 124 valence electrons. The molecule has 23 heavy (non-hydrogen) atoms. The number of ether oxygens (including phenoxy) is 4. The van der Waals surface area contributed by atoms with Crippen molar-refractivity contribution in [3.05, 3.63) is 36.4 Å². The Balaban J connectivity index is 1.67. The van der Waals surface area contributed by atoms with Gasteiger partial charge in [-0.3, -0.25) is 0 Å². The van der Waals surface area contributed by atoms with Gasteiger partial charge in [-0.25, -0.2) is 9.59 Å². The number of carbonyl (C=O) groups is 2. The third kappa shape index (κ3) is 5.63. The van der Waals surface area contributed by atoms with Gasteiger partial charge in [-0.15, -0.1) is 0 Å². The van der Waals surface area contributed by atoms with E-state index in [-0.39, 0.29) is 12.7 Å². The smallest absolute Gasteiger partial charge is 0.331 e. The number of carboxylic acids is 1. The highest BCUT2D eigenvalue weighted by molar-refractivity contribution is 5.90. The van der Waals surface area contributed by atoms with E-state index in [1.165, 1.54) is 0 Å². The van der Waals surface area contributed by atoms with Crippen LogP contribution in [0.4, 0.5) is 0 Å². The Morgan fingerprint density at radius 2 is 2.09 bits per heavy atom. The molecule has 1 aromatic carbocycles. The van der Waals surface area contributed by atoms with Crippen molar-refractivity contribution >= 4 is 11.9 Å². The lowest BCUT2D eigenvalue weighted by molar-refractivity contribution is -0.146. The van der Waals surface area contributed by atoms with Crippen molar-refractivity contribution in [1.29, 1.82) is 0 Å². The Hall–Kier alpha value is -2.54. The fraction of sp³-hybridized carbons (Fsp3) is 0.375. The monoisotopic (exact) mass is 322 g/mol. The molecule has 0 aromatic heterocycles. The molecule has 1 aromatic rings. The highest BCUT2D eigenvalue weighted by atomic mass is 16.6. The molecule has 0 aliphatic carbocycles. The van der Waals surface area contributed by atoms with E-state index in [0.717, 1.165) is 12.2 Å². The van der Waals surface area contributed by atoms with E-state index in [0.29, 0.717) is 24.7 Å². The van der Waals surface area contributed by atoms with Gasteiger partial charge < -0.3 is 24.1 Å². The van der Waals surface area contributed by atoms with E-state index in [4.69, 9.17) is 24.1 Å². The van der Waals surface area contributed by atoms with Crippen molar-refractivity contribution in [2.24, 2.45) is 0 Å². The lowest BCUT2D eigenvalue weighted by Gasteiger charge is -2.26. The van der Waals surface area contributed by atoms with E-state index < -0.39 is 18.0 Å².